The van der Waals surface area contributed by atoms with Gasteiger partial charge in [0.25, 0.3) is 0 Å². The zero-order valence-electron chi connectivity index (χ0n) is 13.1. The van der Waals surface area contributed by atoms with E-state index in [-0.39, 0.29) is 36.7 Å². The lowest BCUT2D eigenvalue weighted by atomic mass is 10.0. The van der Waals surface area contributed by atoms with Gasteiger partial charge in [-0.3, -0.25) is 9.69 Å². The first-order chi connectivity index (χ1) is 10.1. The van der Waals surface area contributed by atoms with Gasteiger partial charge in [0.2, 0.25) is 5.91 Å². The minimum Gasteiger partial charge on any atom is -0.351 e. The Morgan fingerprint density at radius 2 is 2.18 bits per heavy atom. The van der Waals surface area contributed by atoms with Crippen molar-refractivity contribution in [2.75, 3.05) is 20.1 Å². The number of amides is 1. The van der Waals surface area contributed by atoms with Gasteiger partial charge in [-0.05, 0) is 39.4 Å². The van der Waals surface area contributed by atoms with E-state index in [1.807, 2.05) is 14.0 Å². The fourth-order valence-corrected chi connectivity index (χ4v) is 2.73. The number of hydrogen-bond donors (Lipinski definition) is 2. The molecule has 124 valence electrons. The van der Waals surface area contributed by atoms with Crippen molar-refractivity contribution in [1.82, 2.24) is 15.5 Å². The van der Waals surface area contributed by atoms with E-state index in [4.69, 9.17) is 0 Å². The van der Waals surface area contributed by atoms with Crippen molar-refractivity contribution < 1.29 is 9.18 Å². The molecule has 1 aromatic rings. The molecule has 2 unspecified atom stereocenters. The van der Waals surface area contributed by atoms with Crippen LogP contribution in [0, 0.1) is 5.82 Å². The summed E-state index contributed by atoms with van der Waals surface area (Å²) in [4.78, 5) is 14.4. The molecule has 0 spiro atoms. The van der Waals surface area contributed by atoms with E-state index in [0.29, 0.717) is 11.6 Å². The highest BCUT2D eigenvalue weighted by molar-refractivity contribution is 5.85. The van der Waals surface area contributed by atoms with Crippen LogP contribution in [0.3, 0.4) is 0 Å². The normalized spacial score (nSPS) is 20.0. The Morgan fingerprint density at radius 1 is 1.45 bits per heavy atom. The number of likely N-dealkylation sites (N-methyl/N-ethyl adjacent to an activating group) is 1. The standard InChI is InChI=1S/C16H24FN3O.ClH/c1-12(20-9-5-7-14(11-20)18-2)16(21)19-10-13-6-3-4-8-15(13)17;/h3-4,6,8,12,14,18H,5,7,9-11H2,1-2H3,(H,19,21);1H. The number of likely N-dealkylation sites (tertiary alicyclic amines) is 1. The number of benzene rings is 1. The zero-order chi connectivity index (χ0) is 15.2. The minimum atomic E-state index is -0.279. The van der Waals surface area contributed by atoms with Gasteiger partial charge in [0.1, 0.15) is 5.82 Å². The monoisotopic (exact) mass is 329 g/mol. The van der Waals surface area contributed by atoms with Crippen LogP contribution in [-0.2, 0) is 11.3 Å². The highest BCUT2D eigenvalue weighted by Crippen LogP contribution is 2.13. The van der Waals surface area contributed by atoms with E-state index in [0.717, 1.165) is 25.9 Å². The highest BCUT2D eigenvalue weighted by Gasteiger charge is 2.26. The molecule has 4 nitrogen and oxygen atoms in total. The van der Waals surface area contributed by atoms with Crippen molar-refractivity contribution in [3.63, 3.8) is 0 Å². The van der Waals surface area contributed by atoms with E-state index in [9.17, 15) is 9.18 Å². The number of nitrogens with one attached hydrogen (secondary N) is 2. The fourth-order valence-electron chi connectivity index (χ4n) is 2.73. The van der Waals surface area contributed by atoms with E-state index in [1.54, 1.807) is 18.2 Å². The minimum absolute atomic E-state index is 0. The van der Waals surface area contributed by atoms with Crippen LogP contribution in [0.5, 0.6) is 0 Å². The second kappa shape index (κ2) is 9.08. The molecule has 0 aliphatic carbocycles. The SMILES string of the molecule is CNC1CCCN(C(C)C(=O)NCc2ccccc2F)C1.Cl. The van der Waals surface area contributed by atoms with Crippen LogP contribution in [0.25, 0.3) is 0 Å². The molecule has 2 atom stereocenters. The second-order valence-electron chi connectivity index (χ2n) is 5.61. The van der Waals surface area contributed by atoms with Crippen molar-refractivity contribution in [1.29, 1.82) is 0 Å². The van der Waals surface area contributed by atoms with Gasteiger partial charge in [-0.15, -0.1) is 12.4 Å². The number of nitrogens with zero attached hydrogens (tertiary/aromatic N) is 1. The summed E-state index contributed by atoms with van der Waals surface area (Å²) < 4.78 is 13.5. The summed E-state index contributed by atoms with van der Waals surface area (Å²) in [5.74, 6) is -0.325. The molecule has 1 aliphatic heterocycles. The zero-order valence-corrected chi connectivity index (χ0v) is 14.0. The van der Waals surface area contributed by atoms with Crippen LogP contribution < -0.4 is 10.6 Å². The first kappa shape index (κ1) is 18.9. The largest absolute Gasteiger partial charge is 0.351 e. The molecule has 0 radical (unpaired) electrons. The summed E-state index contributed by atoms with van der Waals surface area (Å²) in [6.45, 7) is 3.96. The molecule has 1 saturated heterocycles. The Balaban J connectivity index is 0.00000242. The number of piperidine rings is 1. The number of carbonyl (C=O) groups is 1. The van der Waals surface area contributed by atoms with Gasteiger partial charge >= 0.3 is 0 Å². The fraction of sp³-hybridized carbons (Fsp3) is 0.562. The molecule has 1 fully saturated rings. The Kier molecular flexibility index (Phi) is 7.79. The molecule has 6 heteroatoms. The molecule has 2 rings (SSSR count). The predicted molar refractivity (Wildman–Crippen MR) is 88.6 cm³/mol. The van der Waals surface area contributed by atoms with Crippen LogP contribution in [0.4, 0.5) is 4.39 Å². The molecular weight excluding hydrogens is 305 g/mol. The van der Waals surface area contributed by atoms with Crippen molar-refractivity contribution in [3.05, 3.63) is 35.6 Å². The molecular formula is C16H25ClFN3O. The predicted octanol–water partition coefficient (Wildman–Crippen LogP) is 1.94. The van der Waals surface area contributed by atoms with Gasteiger partial charge < -0.3 is 10.6 Å². The van der Waals surface area contributed by atoms with Gasteiger partial charge in [-0.2, -0.15) is 0 Å². The van der Waals surface area contributed by atoms with Gasteiger partial charge in [0.05, 0.1) is 6.04 Å². The quantitative estimate of drug-likeness (QED) is 0.867. The molecule has 22 heavy (non-hydrogen) atoms. The smallest absolute Gasteiger partial charge is 0.237 e. The number of rotatable bonds is 5. The Hall–Kier alpha value is -1.17. The second-order valence-corrected chi connectivity index (χ2v) is 5.61. The van der Waals surface area contributed by atoms with Crippen LogP contribution in [0.2, 0.25) is 0 Å². The molecule has 0 aromatic heterocycles. The molecule has 1 aromatic carbocycles. The lowest BCUT2D eigenvalue weighted by Crippen LogP contribution is -2.52. The third-order valence-corrected chi connectivity index (χ3v) is 4.20. The molecule has 0 bridgehead atoms. The number of hydrogen-bond acceptors (Lipinski definition) is 3. The lowest BCUT2D eigenvalue weighted by Gasteiger charge is -2.35. The van der Waals surface area contributed by atoms with E-state index >= 15 is 0 Å². The number of carbonyl (C=O) groups excluding carboxylic acids is 1. The third kappa shape index (κ3) is 4.93. The molecule has 0 saturated carbocycles. The summed E-state index contributed by atoms with van der Waals surface area (Å²) in [6, 6.07) is 6.78. The lowest BCUT2D eigenvalue weighted by molar-refractivity contribution is -0.126. The average Bonchev–Trinajstić information content (AvgIpc) is 2.53. The highest BCUT2D eigenvalue weighted by atomic mass is 35.5. The van der Waals surface area contributed by atoms with Gasteiger partial charge in [-0.25, -0.2) is 4.39 Å². The van der Waals surface area contributed by atoms with Crippen LogP contribution >= 0.6 is 12.4 Å². The topological polar surface area (TPSA) is 44.4 Å². The van der Waals surface area contributed by atoms with Crippen molar-refractivity contribution >= 4 is 18.3 Å². The van der Waals surface area contributed by atoms with Crippen molar-refractivity contribution in [3.8, 4) is 0 Å². The molecule has 1 amide bonds. The van der Waals surface area contributed by atoms with E-state index in [2.05, 4.69) is 15.5 Å². The van der Waals surface area contributed by atoms with Gasteiger partial charge in [0, 0.05) is 24.7 Å². The van der Waals surface area contributed by atoms with Crippen LogP contribution in [0.15, 0.2) is 24.3 Å². The molecule has 1 aliphatic rings. The number of halogens is 2. The summed E-state index contributed by atoms with van der Waals surface area (Å²) in [6.07, 6.45) is 2.24. The van der Waals surface area contributed by atoms with Crippen molar-refractivity contribution in [2.45, 2.75) is 38.4 Å². The third-order valence-electron chi connectivity index (χ3n) is 4.20. The molecule has 1 heterocycles. The van der Waals surface area contributed by atoms with Crippen LogP contribution in [0.1, 0.15) is 25.3 Å². The first-order valence-corrected chi connectivity index (χ1v) is 7.54. The maximum Gasteiger partial charge on any atom is 0.237 e. The van der Waals surface area contributed by atoms with Gasteiger partial charge in [-0.1, -0.05) is 18.2 Å². The maximum absolute atomic E-state index is 13.5. The Labute approximate surface area is 137 Å². The average molecular weight is 330 g/mol. The summed E-state index contributed by atoms with van der Waals surface area (Å²) in [5.41, 5.74) is 0.518. The van der Waals surface area contributed by atoms with E-state index < -0.39 is 0 Å². The molecule has 2 N–H and O–H groups in total. The van der Waals surface area contributed by atoms with Crippen molar-refractivity contribution in [2.24, 2.45) is 0 Å². The Bertz CT molecular complexity index is 486. The van der Waals surface area contributed by atoms with Crippen LogP contribution in [-0.4, -0.2) is 43.0 Å². The van der Waals surface area contributed by atoms with Gasteiger partial charge in [0.15, 0.2) is 0 Å². The summed E-state index contributed by atoms with van der Waals surface area (Å²) in [7, 11) is 1.96. The summed E-state index contributed by atoms with van der Waals surface area (Å²) in [5, 5.41) is 6.10. The van der Waals surface area contributed by atoms with E-state index in [1.165, 1.54) is 6.07 Å². The Morgan fingerprint density at radius 3 is 2.86 bits per heavy atom. The maximum atomic E-state index is 13.5. The summed E-state index contributed by atoms with van der Waals surface area (Å²) >= 11 is 0. The first-order valence-electron chi connectivity index (χ1n) is 7.54.